The molecule has 1 rings (SSSR count). The molecule has 0 spiro atoms. The van der Waals surface area contributed by atoms with Crippen molar-refractivity contribution >= 4 is 17.7 Å². The molecule has 1 aliphatic rings. The van der Waals surface area contributed by atoms with Crippen molar-refractivity contribution in [2.75, 3.05) is 31.6 Å². The first-order valence-corrected chi connectivity index (χ1v) is 7.51. The van der Waals surface area contributed by atoms with Gasteiger partial charge in [0, 0.05) is 18.3 Å². The van der Waals surface area contributed by atoms with E-state index < -0.39 is 6.10 Å². The molecule has 0 aliphatic carbocycles. The number of carbonyl (C=O) groups excluding carboxylic acids is 1. The number of nitrogens with one attached hydrogen (secondary N) is 1. The molecule has 1 saturated heterocycles. The van der Waals surface area contributed by atoms with E-state index in [9.17, 15) is 9.90 Å². The second-order valence-corrected chi connectivity index (χ2v) is 5.83. The van der Waals surface area contributed by atoms with E-state index >= 15 is 0 Å². The third kappa shape index (κ3) is 5.75. The minimum absolute atomic E-state index is 0.0135. The number of amides is 1. The number of carbonyl (C=O) groups is 1. The molecule has 0 aromatic rings. The van der Waals surface area contributed by atoms with Crippen molar-refractivity contribution in [1.82, 2.24) is 10.2 Å². The van der Waals surface area contributed by atoms with Crippen LogP contribution in [0, 0.1) is 0 Å². The quantitative estimate of drug-likeness (QED) is 0.707. The summed E-state index contributed by atoms with van der Waals surface area (Å²) in [6.45, 7) is 2.83. The number of nitrogens with zero attached hydrogens (tertiary/aromatic N) is 1. The maximum Gasteiger partial charge on any atom is 0.234 e. The van der Waals surface area contributed by atoms with E-state index in [1.807, 2.05) is 25.7 Å². The third-order valence-corrected chi connectivity index (χ3v) is 4.22. The molecule has 100 valence electrons. The van der Waals surface area contributed by atoms with Crippen molar-refractivity contribution in [3.05, 3.63) is 0 Å². The molecule has 0 saturated carbocycles. The monoisotopic (exact) mass is 260 g/mol. The third-order valence-electron chi connectivity index (χ3n) is 3.08. The van der Waals surface area contributed by atoms with Gasteiger partial charge in [0.1, 0.15) is 0 Å². The van der Waals surface area contributed by atoms with E-state index in [0.717, 1.165) is 18.6 Å². The zero-order valence-electron chi connectivity index (χ0n) is 10.8. The Morgan fingerprint density at radius 3 is 3.00 bits per heavy atom. The van der Waals surface area contributed by atoms with Gasteiger partial charge >= 0.3 is 0 Å². The SMILES string of the molecule is CCCC(O)CNC(=O)CN(C)C1CCSC1. The van der Waals surface area contributed by atoms with Crippen LogP contribution in [-0.4, -0.2) is 59.7 Å². The molecule has 0 aromatic heterocycles. The van der Waals surface area contributed by atoms with Crippen LogP contribution in [0.15, 0.2) is 0 Å². The summed E-state index contributed by atoms with van der Waals surface area (Å²) in [5, 5.41) is 12.3. The highest BCUT2D eigenvalue weighted by molar-refractivity contribution is 7.99. The van der Waals surface area contributed by atoms with Crippen LogP contribution in [0.1, 0.15) is 26.2 Å². The van der Waals surface area contributed by atoms with Crippen molar-refractivity contribution in [2.24, 2.45) is 0 Å². The molecule has 5 heteroatoms. The van der Waals surface area contributed by atoms with Crippen LogP contribution in [0.3, 0.4) is 0 Å². The molecule has 17 heavy (non-hydrogen) atoms. The zero-order chi connectivity index (χ0) is 12.7. The largest absolute Gasteiger partial charge is 0.391 e. The van der Waals surface area contributed by atoms with Crippen LogP contribution in [0.5, 0.6) is 0 Å². The number of hydrogen-bond acceptors (Lipinski definition) is 4. The summed E-state index contributed by atoms with van der Waals surface area (Å²) in [6.07, 6.45) is 2.45. The Balaban J connectivity index is 2.15. The van der Waals surface area contributed by atoms with E-state index in [0.29, 0.717) is 19.1 Å². The second-order valence-electron chi connectivity index (χ2n) is 4.68. The summed E-state index contributed by atoms with van der Waals surface area (Å²) in [5.41, 5.74) is 0. The lowest BCUT2D eigenvalue weighted by molar-refractivity contribution is -0.122. The van der Waals surface area contributed by atoms with Gasteiger partial charge in [-0.05, 0) is 25.6 Å². The van der Waals surface area contributed by atoms with Gasteiger partial charge in [0.05, 0.1) is 12.6 Å². The van der Waals surface area contributed by atoms with Gasteiger partial charge in [-0.2, -0.15) is 11.8 Å². The van der Waals surface area contributed by atoms with E-state index in [1.54, 1.807) is 0 Å². The number of aliphatic hydroxyl groups is 1. The molecule has 2 atom stereocenters. The summed E-state index contributed by atoms with van der Waals surface area (Å²) in [4.78, 5) is 13.8. The Labute approximate surface area is 108 Å². The van der Waals surface area contributed by atoms with Crippen LogP contribution in [0.25, 0.3) is 0 Å². The van der Waals surface area contributed by atoms with E-state index in [4.69, 9.17) is 0 Å². The van der Waals surface area contributed by atoms with Crippen molar-refractivity contribution in [3.8, 4) is 0 Å². The minimum atomic E-state index is -0.406. The lowest BCUT2D eigenvalue weighted by Gasteiger charge is -2.23. The van der Waals surface area contributed by atoms with Gasteiger partial charge in [0.15, 0.2) is 0 Å². The lowest BCUT2D eigenvalue weighted by Crippen LogP contribution is -2.42. The average Bonchev–Trinajstić information content (AvgIpc) is 2.80. The first kappa shape index (κ1) is 14.8. The molecule has 1 fully saturated rings. The van der Waals surface area contributed by atoms with Crippen LogP contribution < -0.4 is 5.32 Å². The molecule has 1 aliphatic heterocycles. The highest BCUT2D eigenvalue weighted by Gasteiger charge is 2.21. The van der Waals surface area contributed by atoms with Crippen LogP contribution in [0.2, 0.25) is 0 Å². The van der Waals surface area contributed by atoms with E-state index in [1.165, 1.54) is 12.2 Å². The van der Waals surface area contributed by atoms with Gasteiger partial charge in [0.25, 0.3) is 0 Å². The van der Waals surface area contributed by atoms with Crippen LogP contribution in [-0.2, 0) is 4.79 Å². The Morgan fingerprint density at radius 2 is 2.41 bits per heavy atom. The zero-order valence-corrected chi connectivity index (χ0v) is 11.6. The molecule has 1 heterocycles. The van der Waals surface area contributed by atoms with Crippen molar-refractivity contribution in [2.45, 2.75) is 38.3 Å². The minimum Gasteiger partial charge on any atom is -0.391 e. The number of aliphatic hydroxyl groups excluding tert-OH is 1. The molecule has 2 N–H and O–H groups in total. The number of rotatable bonds is 7. The summed E-state index contributed by atoms with van der Waals surface area (Å²) in [6, 6.07) is 0.534. The fourth-order valence-electron chi connectivity index (χ4n) is 1.95. The number of likely N-dealkylation sites (N-methyl/N-ethyl adjacent to an activating group) is 1. The molecule has 4 nitrogen and oxygen atoms in total. The molecule has 0 radical (unpaired) electrons. The lowest BCUT2D eigenvalue weighted by atomic mass is 10.2. The summed E-state index contributed by atoms with van der Waals surface area (Å²) < 4.78 is 0. The fraction of sp³-hybridized carbons (Fsp3) is 0.917. The maximum atomic E-state index is 11.6. The van der Waals surface area contributed by atoms with Gasteiger partial charge < -0.3 is 10.4 Å². The van der Waals surface area contributed by atoms with Crippen LogP contribution >= 0.6 is 11.8 Å². The Hall–Kier alpha value is -0.260. The van der Waals surface area contributed by atoms with Gasteiger partial charge in [-0.1, -0.05) is 13.3 Å². The Morgan fingerprint density at radius 1 is 1.65 bits per heavy atom. The van der Waals surface area contributed by atoms with E-state index in [2.05, 4.69) is 10.2 Å². The highest BCUT2D eigenvalue weighted by atomic mass is 32.2. The normalized spacial score (nSPS) is 21.8. The Kier molecular flexibility index (Phi) is 6.92. The van der Waals surface area contributed by atoms with Gasteiger partial charge in [-0.3, -0.25) is 9.69 Å². The average molecular weight is 260 g/mol. The topological polar surface area (TPSA) is 52.6 Å². The van der Waals surface area contributed by atoms with Gasteiger partial charge in [0.2, 0.25) is 5.91 Å². The van der Waals surface area contributed by atoms with Crippen molar-refractivity contribution < 1.29 is 9.90 Å². The van der Waals surface area contributed by atoms with Crippen molar-refractivity contribution in [3.63, 3.8) is 0 Å². The standard InChI is InChI=1S/C12H24N2O2S/c1-3-4-11(15)7-13-12(16)8-14(2)10-5-6-17-9-10/h10-11,15H,3-9H2,1-2H3,(H,13,16). The smallest absolute Gasteiger partial charge is 0.234 e. The molecule has 0 bridgehead atoms. The molecule has 0 aromatic carbocycles. The first-order chi connectivity index (χ1) is 8.13. The summed E-state index contributed by atoms with van der Waals surface area (Å²) in [7, 11) is 2.00. The summed E-state index contributed by atoms with van der Waals surface area (Å²) >= 11 is 1.95. The molecular formula is C12H24N2O2S. The van der Waals surface area contributed by atoms with Gasteiger partial charge in [-0.25, -0.2) is 0 Å². The van der Waals surface area contributed by atoms with Crippen molar-refractivity contribution in [1.29, 1.82) is 0 Å². The molecule has 2 unspecified atom stereocenters. The number of hydrogen-bond donors (Lipinski definition) is 2. The first-order valence-electron chi connectivity index (χ1n) is 6.36. The Bertz CT molecular complexity index is 233. The van der Waals surface area contributed by atoms with Crippen LogP contribution in [0.4, 0.5) is 0 Å². The molecular weight excluding hydrogens is 236 g/mol. The molecule has 1 amide bonds. The number of thioether (sulfide) groups is 1. The fourth-order valence-corrected chi connectivity index (χ4v) is 3.25. The highest BCUT2D eigenvalue weighted by Crippen LogP contribution is 2.20. The predicted octanol–water partition coefficient (Wildman–Crippen LogP) is 0.701. The maximum absolute atomic E-state index is 11.6. The predicted molar refractivity (Wildman–Crippen MR) is 72.3 cm³/mol. The second kappa shape index (κ2) is 7.95. The van der Waals surface area contributed by atoms with E-state index in [-0.39, 0.29) is 5.91 Å². The summed E-state index contributed by atoms with van der Waals surface area (Å²) in [5.74, 6) is 2.34. The van der Waals surface area contributed by atoms with Gasteiger partial charge in [-0.15, -0.1) is 0 Å².